The average Bonchev–Trinajstić information content (AvgIpc) is 3.12. The van der Waals surface area contributed by atoms with Crippen molar-refractivity contribution >= 4 is 17.7 Å². The highest BCUT2D eigenvalue weighted by atomic mass is 16.5. The second-order valence-electron chi connectivity index (χ2n) is 7.96. The molecule has 1 aliphatic heterocycles. The summed E-state index contributed by atoms with van der Waals surface area (Å²) < 4.78 is 10.6. The van der Waals surface area contributed by atoms with Gasteiger partial charge in [-0.3, -0.25) is 19.3 Å². The summed E-state index contributed by atoms with van der Waals surface area (Å²) in [7, 11) is 3.14. The van der Waals surface area contributed by atoms with Gasteiger partial charge in [-0.2, -0.15) is 0 Å². The molecular weight excluding hydrogens is 432 g/mol. The van der Waals surface area contributed by atoms with E-state index in [1.54, 1.807) is 38.5 Å². The lowest BCUT2D eigenvalue weighted by Crippen LogP contribution is -2.51. The molecule has 4 rings (SSSR count). The zero-order valence-electron chi connectivity index (χ0n) is 19.1. The van der Waals surface area contributed by atoms with Crippen molar-refractivity contribution in [2.45, 2.75) is 18.9 Å². The van der Waals surface area contributed by atoms with Crippen LogP contribution in [0.3, 0.4) is 0 Å². The van der Waals surface area contributed by atoms with Gasteiger partial charge in [0.2, 0.25) is 5.91 Å². The van der Waals surface area contributed by atoms with Crippen molar-refractivity contribution in [3.63, 3.8) is 0 Å². The van der Waals surface area contributed by atoms with Crippen LogP contribution in [-0.4, -0.2) is 49.4 Å². The first-order valence-electron chi connectivity index (χ1n) is 11.0. The Balaban J connectivity index is 1.51. The Morgan fingerprint density at radius 1 is 0.824 bits per heavy atom. The Kier molecular flexibility index (Phi) is 6.92. The molecule has 0 aliphatic carbocycles. The summed E-state index contributed by atoms with van der Waals surface area (Å²) in [4.78, 5) is 40.5. The fraction of sp³-hybridized carbons (Fsp3) is 0.222. The van der Waals surface area contributed by atoms with Gasteiger partial charge in [0.05, 0.1) is 25.3 Å². The van der Waals surface area contributed by atoms with Crippen molar-refractivity contribution in [3.05, 3.63) is 95.1 Å². The molecule has 3 aromatic rings. The highest BCUT2D eigenvalue weighted by molar-refractivity contribution is 6.22. The van der Waals surface area contributed by atoms with E-state index in [2.05, 4.69) is 5.32 Å². The number of hydrogen-bond acceptors (Lipinski definition) is 5. The van der Waals surface area contributed by atoms with E-state index in [0.717, 1.165) is 16.0 Å². The van der Waals surface area contributed by atoms with E-state index in [0.29, 0.717) is 35.6 Å². The number of imide groups is 1. The molecule has 1 atom stereocenters. The number of rotatable bonds is 9. The third kappa shape index (κ3) is 4.64. The second-order valence-corrected chi connectivity index (χ2v) is 7.96. The number of ether oxygens (including phenoxy) is 2. The van der Waals surface area contributed by atoms with Crippen molar-refractivity contribution in [3.8, 4) is 11.5 Å². The average molecular weight is 459 g/mol. The summed E-state index contributed by atoms with van der Waals surface area (Å²) in [5.41, 5.74) is 2.46. The number of nitrogens with zero attached hydrogens (tertiary/aromatic N) is 1. The number of hydrogen-bond donors (Lipinski definition) is 1. The van der Waals surface area contributed by atoms with Crippen LogP contribution in [0.1, 0.15) is 31.8 Å². The fourth-order valence-electron chi connectivity index (χ4n) is 4.11. The molecule has 1 N–H and O–H groups in total. The first-order chi connectivity index (χ1) is 16.5. The van der Waals surface area contributed by atoms with Gasteiger partial charge in [-0.15, -0.1) is 0 Å². The Morgan fingerprint density at radius 2 is 1.44 bits per heavy atom. The molecule has 3 aromatic carbocycles. The van der Waals surface area contributed by atoms with Crippen LogP contribution >= 0.6 is 0 Å². The van der Waals surface area contributed by atoms with Crippen molar-refractivity contribution in [2.24, 2.45) is 0 Å². The molecule has 0 bridgehead atoms. The third-order valence-electron chi connectivity index (χ3n) is 5.87. The molecule has 0 radical (unpaired) electrons. The monoisotopic (exact) mass is 458 g/mol. The summed E-state index contributed by atoms with van der Waals surface area (Å²) in [6.45, 7) is 0.336. The summed E-state index contributed by atoms with van der Waals surface area (Å²) in [5.74, 6) is -0.0323. The first-order valence-corrected chi connectivity index (χ1v) is 11.0. The summed E-state index contributed by atoms with van der Waals surface area (Å²) in [6, 6.07) is 20.6. The van der Waals surface area contributed by atoms with E-state index in [9.17, 15) is 14.4 Å². The number of methoxy groups -OCH3 is 2. The van der Waals surface area contributed by atoms with Gasteiger partial charge >= 0.3 is 0 Å². The van der Waals surface area contributed by atoms with Crippen LogP contribution < -0.4 is 14.8 Å². The number of nitrogens with one attached hydrogen (secondary N) is 1. The largest absolute Gasteiger partial charge is 0.493 e. The minimum Gasteiger partial charge on any atom is -0.493 e. The molecule has 0 spiro atoms. The van der Waals surface area contributed by atoms with Crippen molar-refractivity contribution in [1.29, 1.82) is 0 Å². The topological polar surface area (TPSA) is 84.9 Å². The lowest BCUT2D eigenvalue weighted by atomic mass is 10.0. The molecule has 0 aromatic heterocycles. The van der Waals surface area contributed by atoms with E-state index in [1.807, 2.05) is 48.5 Å². The molecular formula is C27H26N2O5. The van der Waals surface area contributed by atoms with E-state index in [1.165, 1.54) is 0 Å². The van der Waals surface area contributed by atoms with Crippen LogP contribution in [0, 0.1) is 0 Å². The molecule has 0 saturated heterocycles. The molecule has 0 fully saturated rings. The molecule has 7 nitrogen and oxygen atoms in total. The number of amides is 3. The maximum Gasteiger partial charge on any atom is 0.262 e. The Hall–Kier alpha value is -4.13. The number of benzene rings is 3. The second kappa shape index (κ2) is 10.2. The van der Waals surface area contributed by atoms with E-state index >= 15 is 0 Å². The van der Waals surface area contributed by atoms with Gasteiger partial charge in [-0.25, -0.2) is 0 Å². The van der Waals surface area contributed by atoms with Crippen LogP contribution in [0.15, 0.2) is 72.8 Å². The van der Waals surface area contributed by atoms with E-state index in [4.69, 9.17) is 9.47 Å². The Labute approximate surface area is 198 Å². The van der Waals surface area contributed by atoms with Crippen molar-refractivity contribution in [2.75, 3.05) is 20.8 Å². The molecule has 1 heterocycles. The molecule has 3 amide bonds. The standard InChI is InChI=1S/C27H26N2O5/c1-33-23-13-12-19(17-24(23)34-2)14-15-28-25(30)22(16-18-8-4-3-5-9-18)29-26(31)20-10-6-7-11-21(20)27(29)32/h3-13,17,22H,14-16H2,1-2H3,(H,28,30)/t22-/m1/s1. The van der Waals surface area contributed by atoms with Gasteiger partial charge in [-0.1, -0.05) is 48.5 Å². The zero-order chi connectivity index (χ0) is 24.1. The minimum atomic E-state index is -0.958. The number of carbonyl (C=O) groups excluding carboxylic acids is 3. The van der Waals surface area contributed by atoms with E-state index in [-0.39, 0.29) is 12.3 Å². The van der Waals surface area contributed by atoms with Crippen LogP contribution in [0.5, 0.6) is 11.5 Å². The normalized spacial score (nSPS) is 13.4. The maximum absolute atomic E-state index is 13.3. The Morgan fingerprint density at radius 3 is 2.06 bits per heavy atom. The maximum atomic E-state index is 13.3. The number of fused-ring (bicyclic) bond motifs is 1. The molecule has 174 valence electrons. The van der Waals surface area contributed by atoms with Crippen molar-refractivity contribution in [1.82, 2.24) is 10.2 Å². The quantitative estimate of drug-likeness (QED) is 0.498. The predicted octanol–water partition coefficient (Wildman–Crippen LogP) is 3.27. The highest BCUT2D eigenvalue weighted by Crippen LogP contribution is 2.28. The SMILES string of the molecule is COc1ccc(CCNC(=O)[C@@H](Cc2ccccc2)N2C(=O)c3ccccc3C2=O)cc1OC. The highest BCUT2D eigenvalue weighted by Gasteiger charge is 2.42. The number of carbonyl (C=O) groups is 3. The first kappa shape index (κ1) is 23.0. The van der Waals surface area contributed by atoms with Gasteiger partial charge in [0.1, 0.15) is 6.04 Å². The predicted molar refractivity (Wildman–Crippen MR) is 127 cm³/mol. The fourth-order valence-corrected chi connectivity index (χ4v) is 4.11. The molecule has 1 aliphatic rings. The van der Waals surface area contributed by atoms with Gasteiger partial charge < -0.3 is 14.8 Å². The van der Waals surface area contributed by atoms with Gasteiger partial charge in [0.25, 0.3) is 11.8 Å². The van der Waals surface area contributed by atoms with Crippen LogP contribution in [0.2, 0.25) is 0 Å². The van der Waals surface area contributed by atoms with Crippen LogP contribution in [-0.2, 0) is 17.6 Å². The zero-order valence-corrected chi connectivity index (χ0v) is 19.1. The van der Waals surface area contributed by atoms with E-state index < -0.39 is 17.9 Å². The van der Waals surface area contributed by atoms with Crippen LogP contribution in [0.25, 0.3) is 0 Å². The van der Waals surface area contributed by atoms with Gasteiger partial charge in [0, 0.05) is 13.0 Å². The minimum absolute atomic E-state index is 0.231. The molecule has 34 heavy (non-hydrogen) atoms. The third-order valence-corrected chi connectivity index (χ3v) is 5.87. The smallest absolute Gasteiger partial charge is 0.262 e. The van der Waals surface area contributed by atoms with Crippen molar-refractivity contribution < 1.29 is 23.9 Å². The lowest BCUT2D eigenvalue weighted by molar-refractivity contribution is -0.125. The van der Waals surface area contributed by atoms with Gasteiger partial charge in [0.15, 0.2) is 11.5 Å². The Bertz CT molecular complexity index is 1170. The summed E-state index contributed by atoms with van der Waals surface area (Å²) >= 11 is 0. The molecule has 0 unspecified atom stereocenters. The lowest BCUT2D eigenvalue weighted by Gasteiger charge is -2.25. The van der Waals surface area contributed by atoms with Gasteiger partial charge in [-0.05, 0) is 41.8 Å². The van der Waals surface area contributed by atoms with Crippen LogP contribution in [0.4, 0.5) is 0 Å². The summed E-state index contributed by atoms with van der Waals surface area (Å²) in [5, 5.41) is 2.91. The molecule has 7 heteroatoms. The molecule has 0 saturated carbocycles. The summed E-state index contributed by atoms with van der Waals surface area (Å²) in [6.07, 6.45) is 0.779.